The highest BCUT2D eigenvalue weighted by Gasteiger charge is 2.17. The molecule has 1 fully saturated rings. The summed E-state index contributed by atoms with van der Waals surface area (Å²) in [7, 11) is 0. The van der Waals surface area contributed by atoms with Crippen LogP contribution in [0.5, 0.6) is 0 Å². The minimum absolute atomic E-state index is 0.0386. The predicted octanol–water partition coefficient (Wildman–Crippen LogP) is 2.38. The van der Waals surface area contributed by atoms with Gasteiger partial charge in [0.05, 0.1) is 6.42 Å². The first-order valence-electron chi connectivity index (χ1n) is 6.17. The van der Waals surface area contributed by atoms with Crippen LogP contribution in [0.4, 0.5) is 0 Å². The van der Waals surface area contributed by atoms with Crippen molar-refractivity contribution in [3.05, 3.63) is 0 Å². The Morgan fingerprint density at radius 2 is 1.93 bits per heavy atom. The van der Waals surface area contributed by atoms with Crippen LogP contribution in [0.3, 0.4) is 0 Å². The molecule has 0 saturated heterocycles. The fourth-order valence-electron chi connectivity index (χ4n) is 1.95. The van der Waals surface area contributed by atoms with Gasteiger partial charge in [0.25, 0.3) is 0 Å². The minimum Gasteiger partial charge on any atom is -0.462 e. The zero-order valence-corrected chi connectivity index (χ0v) is 9.71. The second kappa shape index (κ2) is 6.83. The van der Waals surface area contributed by atoms with Crippen LogP contribution in [-0.4, -0.2) is 18.1 Å². The van der Waals surface area contributed by atoms with Crippen LogP contribution in [0.1, 0.15) is 58.3 Å². The second-order valence-electron chi connectivity index (χ2n) is 4.48. The van der Waals surface area contributed by atoms with Crippen molar-refractivity contribution < 1.29 is 9.53 Å². The maximum atomic E-state index is 11.5. The van der Waals surface area contributed by atoms with E-state index in [4.69, 9.17) is 10.5 Å². The van der Waals surface area contributed by atoms with E-state index in [9.17, 15) is 4.79 Å². The third-order valence-corrected chi connectivity index (χ3v) is 3.05. The molecule has 0 aromatic carbocycles. The summed E-state index contributed by atoms with van der Waals surface area (Å²) in [5, 5.41) is 0. The zero-order chi connectivity index (χ0) is 11.1. The van der Waals surface area contributed by atoms with E-state index in [0.717, 1.165) is 19.3 Å². The van der Waals surface area contributed by atoms with Gasteiger partial charge in [0.2, 0.25) is 0 Å². The van der Waals surface area contributed by atoms with Crippen molar-refractivity contribution in [1.29, 1.82) is 0 Å². The Kier molecular flexibility index (Phi) is 5.69. The van der Waals surface area contributed by atoms with Crippen LogP contribution in [0.15, 0.2) is 0 Å². The molecule has 0 spiro atoms. The lowest BCUT2D eigenvalue weighted by Gasteiger charge is -2.16. The van der Waals surface area contributed by atoms with Crippen molar-refractivity contribution in [2.75, 3.05) is 0 Å². The zero-order valence-electron chi connectivity index (χ0n) is 9.71. The van der Waals surface area contributed by atoms with Gasteiger partial charge >= 0.3 is 5.97 Å². The number of carbonyl (C=O) groups excluding carboxylic acids is 1. The summed E-state index contributed by atoms with van der Waals surface area (Å²) in [5.74, 6) is -0.115. The number of hydrogen-bond acceptors (Lipinski definition) is 3. The molecule has 0 bridgehead atoms. The Bertz CT molecular complexity index is 186. The Hall–Kier alpha value is -0.570. The first-order valence-corrected chi connectivity index (χ1v) is 6.17. The molecule has 88 valence electrons. The molecule has 0 aliphatic heterocycles. The molecule has 3 nitrogen and oxygen atoms in total. The molecule has 15 heavy (non-hydrogen) atoms. The first kappa shape index (κ1) is 12.5. The second-order valence-corrected chi connectivity index (χ2v) is 4.48. The molecule has 0 aromatic rings. The average molecular weight is 213 g/mol. The van der Waals surface area contributed by atoms with E-state index in [1.54, 1.807) is 0 Å². The van der Waals surface area contributed by atoms with E-state index in [1.165, 1.54) is 25.7 Å². The third kappa shape index (κ3) is 5.17. The Morgan fingerprint density at radius 1 is 1.33 bits per heavy atom. The molecule has 1 aliphatic carbocycles. The molecular formula is C12H23NO2. The highest BCUT2D eigenvalue weighted by atomic mass is 16.5. The molecule has 0 amide bonds. The van der Waals surface area contributed by atoms with Crippen molar-refractivity contribution in [1.82, 2.24) is 0 Å². The molecule has 2 N–H and O–H groups in total. The van der Waals surface area contributed by atoms with Gasteiger partial charge in [0.1, 0.15) is 6.10 Å². The predicted molar refractivity (Wildman–Crippen MR) is 60.5 cm³/mol. The summed E-state index contributed by atoms with van der Waals surface area (Å²) >= 11 is 0. The first-order chi connectivity index (χ1) is 7.22. The largest absolute Gasteiger partial charge is 0.462 e. The smallest absolute Gasteiger partial charge is 0.307 e. The monoisotopic (exact) mass is 213 g/mol. The Balaban J connectivity index is 2.23. The fourth-order valence-corrected chi connectivity index (χ4v) is 1.95. The van der Waals surface area contributed by atoms with Gasteiger partial charge in [0.15, 0.2) is 0 Å². The lowest BCUT2D eigenvalue weighted by atomic mass is 10.1. The molecule has 1 rings (SSSR count). The Labute approximate surface area is 92.4 Å². The van der Waals surface area contributed by atoms with Gasteiger partial charge in [-0.2, -0.15) is 0 Å². The maximum absolute atomic E-state index is 11.5. The fraction of sp³-hybridized carbons (Fsp3) is 0.917. The van der Waals surface area contributed by atoms with Gasteiger partial charge in [-0.1, -0.05) is 19.8 Å². The van der Waals surface area contributed by atoms with Gasteiger partial charge in [-0.15, -0.1) is 0 Å². The van der Waals surface area contributed by atoms with E-state index in [1.807, 2.05) is 6.92 Å². The van der Waals surface area contributed by atoms with Crippen molar-refractivity contribution >= 4 is 5.97 Å². The van der Waals surface area contributed by atoms with E-state index in [-0.39, 0.29) is 18.1 Å². The van der Waals surface area contributed by atoms with Crippen molar-refractivity contribution in [2.24, 2.45) is 5.73 Å². The summed E-state index contributed by atoms with van der Waals surface area (Å²) in [6, 6.07) is -0.0386. The number of esters is 1. The van der Waals surface area contributed by atoms with Crippen LogP contribution < -0.4 is 5.73 Å². The van der Waals surface area contributed by atoms with Crippen molar-refractivity contribution in [3.8, 4) is 0 Å². The molecule has 1 saturated carbocycles. The SMILES string of the molecule is CCC(N)CC(=O)OC1CCCCCC1. The summed E-state index contributed by atoms with van der Waals surface area (Å²) < 4.78 is 5.42. The molecule has 3 heteroatoms. The lowest BCUT2D eigenvalue weighted by molar-refractivity contribution is -0.150. The maximum Gasteiger partial charge on any atom is 0.307 e. The standard InChI is InChI=1S/C12H23NO2/c1-2-10(13)9-12(14)15-11-7-5-3-4-6-8-11/h10-11H,2-9,13H2,1H3. The molecule has 1 aliphatic rings. The highest BCUT2D eigenvalue weighted by Crippen LogP contribution is 2.20. The van der Waals surface area contributed by atoms with Crippen molar-refractivity contribution in [3.63, 3.8) is 0 Å². The molecule has 1 unspecified atom stereocenters. The van der Waals surface area contributed by atoms with Gasteiger partial charge in [-0.25, -0.2) is 0 Å². The van der Waals surface area contributed by atoms with Crippen LogP contribution in [0.2, 0.25) is 0 Å². The normalized spacial score (nSPS) is 20.7. The summed E-state index contributed by atoms with van der Waals surface area (Å²) in [5.41, 5.74) is 5.71. The van der Waals surface area contributed by atoms with Gasteiger partial charge in [-0.05, 0) is 32.1 Å². The van der Waals surface area contributed by atoms with Gasteiger partial charge in [0, 0.05) is 6.04 Å². The molecule has 0 heterocycles. The number of carbonyl (C=O) groups is 1. The average Bonchev–Trinajstić information content (AvgIpc) is 2.46. The van der Waals surface area contributed by atoms with Crippen LogP contribution >= 0.6 is 0 Å². The van der Waals surface area contributed by atoms with Crippen LogP contribution in [0.25, 0.3) is 0 Å². The molecule has 0 aromatic heterocycles. The number of ether oxygens (including phenoxy) is 1. The number of hydrogen-bond donors (Lipinski definition) is 1. The van der Waals surface area contributed by atoms with Crippen LogP contribution in [-0.2, 0) is 9.53 Å². The van der Waals surface area contributed by atoms with Gasteiger partial charge in [-0.3, -0.25) is 4.79 Å². The minimum atomic E-state index is -0.115. The van der Waals surface area contributed by atoms with E-state index in [0.29, 0.717) is 6.42 Å². The van der Waals surface area contributed by atoms with E-state index in [2.05, 4.69) is 0 Å². The van der Waals surface area contributed by atoms with Crippen LogP contribution in [0, 0.1) is 0 Å². The summed E-state index contributed by atoms with van der Waals surface area (Å²) in [4.78, 5) is 11.5. The topological polar surface area (TPSA) is 52.3 Å². The molecule has 1 atom stereocenters. The third-order valence-electron chi connectivity index (χ3n) is 3.05. The van der Waals surface area contributed by atoms with Gasteiger partial charge < -0.3 is 10.5 Å². The highest BCUT2D eigenvalue weighted by molar-refractivity contribution is 5.70. The molecule has 0 radical (unpaired) electrons. The summed E-state index contributed by atoms with van der Waals surface area (Å²) in [6.45, 7) is 1.99. The lowest BCUT2D eigenvalue weighted by Crippen LogP contribution is -2.26. The summed E-state index contributed by atoms with van der Waals surface area (Å²) in [6.07, 6.45) is 8.37. The number of nitrogens with two attached hydrogens (primary N) is 1. The van der Waals surface area contributed by atoms with E-state index >= 15 is 0 Å². The quantitative estimate of drug-likeness (QED) is 0.576. The molecular weight excluding hydrogens is 190 g/mol. The van der Waals surface area contributed by atoms with E-state index < -0.39 is 0 Å². The number of rotatable bonds is 4. The Morgan fingerprint density at radius 3 is 2.47 bits per heavy atom. The van der Waals surface area contributed by atoms with Crippen molar-refractivity contribution in [2.45, 2.75) is 70.4 Å².